The maximum Gasteiger partial charge on any atom is 0.266 e. The van der Waals surface area contributed by atoms with E-state index in [1.54, 1.807) is 37.6 Å². The van der Waals surface area contributed by atoms with E-state index in [1.165, 1.54) is 15.3 Å². The second kappa shape index (κ2) is 6.11. The molecular formula is C16H11Cl2N5O2. The molecule has 1 aromatic carbocycles. The van der Waals surface area contributed by atoms with Gasteiger partial charge >= 0.3 is 0 Å². The summed E-state index contributed by atoms with van der Waals surface area (Å²) >= 11 is 12.1. The highest BCUT2D eigenvalue weighted by molar-refractivity contribution is 6.34. The molecule has 0 saturated heterocycles. The van der Waals surface area contributed by atoms with Crippen molar-refractivity contribution in [3.8, 4) is 5.69 Å². The standard InChI is InChI=1S/C16H11Cl2N5O2/c1-25-8-14-20-16-19-7-12-13(23(16)21-14)2-3-22(15(12)24)11-5-9(17)4-10(18)6-11/h2-7H,8H2,1H3. The number of methoxy groups -OCH3 is 1. The number of fused-ring (bicyclic) bond motifs is 3. The van der Waals surface area contributed by atoms with E-state index in [0.717, 1.165) is 0 Å². The Morgan fingerprint density at radius 2 is 1.96 bits per heavy atom. The summed E-state index contributed by atoms with van der Waals surface area (Å²) in [6.07, 6.45) is 3.13. The van der Waals surface area contributed by atoms with Gasteiger partial charge in [-0.2, -0.15) is 9.50 Å². The summed E-state index contributed by atoms with van der Waals surface area (Å²) in [5.74, 6) is 0.899. The molecule has 0 atom stereocenters. The molecule has 3 aromatic heterocycles. The van der Waals surface area contributed by atoms with E-state index in [1.807, 2.05) is 0 Å². The Bertz CT molecular complexity index is 1150. The van der Waals surface area contributed by atoms with Crippen LogP contribution in [0.25, 0.3) is 22.4 Å². The molecular weight excluding hydrogens is 365 g/mol. The van der Waals surface area contributed by atoms with Gasteiger partial charge in [0, 0.05) is 29.5 Å². The number of nitrogens with zero attached hydrogens (tertiary/aromatic N) is 5. The Balaban J connectivity index is 1.96. The quantitative estimate of drug-likeness (QED) is 0.550. The van der Waals surface area contributed by atoms with Crippen molar-refractivity contribution < 1.29 is 4.74 Å². The first-order valence-electron chi connectivity index (χ1n) is 7.28. The van der Waals surface area contributed by atoms with Crippen molar-refractivity contribution in [1.29, 1.82) is 0 Å². The second-order valence-electron chi connectivity index (χ2n) is 5.35. The number of benzene rings is 1. The summed E-state index contributed by atoms with van der Waals surface area (Å²) in [6.45, 7) is 0.267. The van der Waals surface area contributed by atoms with Gasteiger partial charge in [-0.1, -0.05) is 23.2 Å². The normalized spacial score (nSPS) is 11.5. The third kappa shape index (κ3) is 2.76. The van der Waals surface area contributed by atoms with Crippen molar-refractivity contribution in [2.45, 2.75) is 6.61 Å². The van der Waals surface area contributed by atoms with Crippen molar-refractivity contribution in [1.82, 2.24) is 24.1 Å². The van der Waals surface area contributed by atoms with Gasteiger partial charge in [-0.25, -0.2) is 4.98 Å². The number of hydrogen-bond acceptors (Lipinski definition) is 5. The van der Waals surface area contributed by atoms with Crippen LogP contribution < -0.4 is 5.56 Å². The minimum Gasteiger partial charge on any atom is -0.377 e. The lowest BCUT2D eigenvalue weighted by molar-refractivity contribution is 0.178. The first kappa shape index (κ1) is 16.0. The monoisotopic (exact) mass is 375 g/mol. The first-order valence-corrected chi connectivity index (χ1v) is 8.04. The molecule has 0 N–H and O–H groups in total. The molecule has 0 bridgehead atoms. The Hall–Kier alpha value is -2.48. The molecule has 0 unspecified atom stereocenters. The van der Waals surface area contributed by atoms with Crippen LogP contribution in [0, 0.1) is 0 Å². The molecule has 9 heteroatoms. The van der Waals surface area contributed by atoms with Gasteiger partial charge in [0.15, 0.2) is 5.82 Å². The number of aromatic nitrogens is 5. The van der Waals surface area contributed by atoms with Crippen molar-refractivity contribution in [3.63, 3.8) is 0 Å². The van der Waals surface area contributed by atoms with Gasteiger partial charge in [0.25, 0.3) is 11.3 Å². The van der Waals surface area contributed by atoms with Crippen LogP contribution >= 0.6 is 23.2 Å². The SMILES string of the molecule is COCc1nc2ncc3c(=O)n(-c4cc(Cl)cc(Cl)c4)ccc3n2n1. The van der Waals surface area contributed by atoms with Gasteiger partial charge in [-0.3, -0.25) is 9.36 Å². The second-order valence-corrected chi connectivity index (χ2v) is 6.22. The third-order valence-corrected chi connectivity index (χ3v) is 4.11. The van der Waals surface area contributed by atoms with Crippen LogP contribution in [-0.2, 0) is 11.3 Å². The average Bonchev–Trinajstić information content (AvgIpc) is 2.97. The predicted octanol–water partition coefficient (Wildman–Crippen LogP) is 2.88. The van der Waals surface area contributed by atoms with Crippen LogP contribution in [0.4, 0.5) is 0 Å². The minimum absolute atomic E-state index is 0.256. The molecule has 0 aliphatic carbocycles. The summed E-state index contributed by atoms with van der Waals surface area (Å²) in [4.78, 5) is 21.3. The number of hydrogen-bond donors (Lipinski definition) is 0. The largest absolute Gasteiger partial charge is 0.377 e. The molecule has 0 fully saturated rings. The summed E-state index contributed by atoms with van der Waals surface area (Å²) in [5.41, 5.74) is 0.923. The van der Waals surface area contributed by atoms with E-state index in [2.05, 4.69) is 15.1 Å². The van der Waals surface area contributed by atoms with Crippen molar-refractivity contribution in [2.24, 2.45) is 0 Å². The third-order valence-electron chi connectivity index (χ3n) is 3.68. The van der Waals surface area contributed by atoms with E-state index >= 15 is 0 Å². The smallest absolute Gasteiger partial charge is 0.266 e. The maximum atomic E-state index is 12.9. The predicted molar refractivity (Wildman–Crippen MR) is 94.6 cm³/mol. The molecule has 7 nitrogen and oxygen atoms in total. The molecule has 126 valence electrons. The zero-order chi connectivity index (χ0) is 17.6. The van der Waals surface area contributed by atoms with Gasteiger partial charge in [-0.05, 0) is 24.3 Å². The van der Waals surface area contributed by atoms with E-state index < -0.39 is 0 Å². The molecule has 3 heterocycles. The van der Waals surface area contributed by atoms with Crippen molar-refractivity contribution >= 4 is 39.9 Å². The fourth-order valence-electron chi connectivity index (χ4n) is 2.63. The molecule has 0 saturated carbocycles. The van der Waals surface area contributed by atoms with Crippen LogP contribution in [0.2, 0.25) is 10.0 Å². The van der Waals surface area contributed by atoms with Gasteiger partial charge in [0.1, 0.15) is 6.61 Å². The zero-order valence-corrected chi connectivity index (χ0v) is 14.5. The number of pyridine rings is 1. The van der Waals surface area contributed by atoms with Crippen LogP contribution in [-0.4, -0.2) is 31.3 Å². The summed E-state index contributed by atoms with van der Waals surface area (Å²) in [5, 5.41) is 5.63. The van der Waals surface area contributed by atoms with E-state index in [0.29, 0.717) is 38.2 Å². The van der Waals surface area contributed by atoms with Gasteiger partial charge < -0.3 is 4.74 Å². The molecule has 0 aliphatic heterocycles. The Kier molecular flexibility index (Phi) is 3.91. The lowest BCUT2D eigenvalue weighted by Gasteiger charge is -2.08. The molecule has 4 rings (SSSR count). The van der Waals surface area contributed by atoms with Gasteiger partial charge in [-0.15, -0.1) is 5.10 Å². The number of rotatable bonds is 3. The lowest BCUT2D eigenvalue weighted by Crippen LogP contribution is -2.18. The molecule has 0 radical (unpaired) electrons. The topological polar surface area (TPSA) is 74.3 Å². The molecule has 4 aromatic rings. The molecule has 0 aliphatic rings. The first-order chi connectivity index (χ1) is 12.1. The average molecular weight is 376 g/mol. The highest BCUT2D eigenvalue weighted by Gasteiger charge is 2.12. The number of ether oxygens (including phenoxy) is 1. The van der Waals surface area contributed by atoms with Crippen molar-refractivity contribution in [3.05, 3.63) is 62.9 Å². The highest BCUT2D eigenvalue weighted by atomic mass is 35.5. The molecule has 25 heavy (non-hydrogen) atoms. The number of halogens is 2. The summed E-state index contributed by atoms with van der Waals surface area (Å²) in [7, 11) is 1.56. The Labute approximate surface area is 151 Å². The van der Waals surface area contributed by atoms with Crippen LogP contribution in [0.3, 0.4) is 0 Å². The van der Waals surface area contributed by atoms with Gasteiger partial charge in [0.05, 0.1) is 16.6 Å². The maximum absolute atomic E-state index is 12.9. The van der Waals surface area contributed by atoms with E-state index in [9.17, 15) is 4.79 Å². The summed E-state index contributed by atoms with van der Waals surface area (Å²) in [6, 6.07) is 6.71. The van der Waals surface area contributed by atoms with Crippen LogP contribution in [0.15, 0.2) is 41.5 Å². The van der Waals surface area contributed by atoms with Crippen LogP contribution in [0.5, 0.6) is 0 Å². The van der Waals surface area contributed by atoms with Crippen LogP contribution in [0.1, 0.15) is 5.82 Å². The lowest BCUT2D eigenvalue weighted by atomic mass is 10.2. The molecule has 0 amide bonds. The summed E-state index contributed by atoms with van der Waals surface area (Å²) < 4.78 is 8.02. The van der Waals surface area contributed by atoms with E-state index in [-0.39, 0.29) is 12.2 Å². The van der Waals surface area contributed by atoms with E-state index in [4.69, 9.17) is 27.9 Å². The van der Waals surface area contributed by atoms with Crippen molar-refractivity contribution in [2.75, 3.05) is 7.11 Å². The Morgan fingerprint density at radius 1 is 1.20 bits per heavy atom. The zero-order valence-electron chi connectivity index (χ0n) is 13.0. The Morgan fingerprint density at radius 3 is 2.68 bits per heavy atom. The minimum atomic E-state index is -0.256. The molecule has 0 spiro atoms. The fraction of sp³-hybridized carbons (Fsp3) is 0.125. The van der Waals surface area contributed by atoms with Gasteiger partial charge in [0.2, 0.25) is 0 Å². The fourth-order valence-corrected chi connectivity index (χ4v) is 3.15. The highest BCUT2D eigenvalue weighted by Crippen LogP contribution is 2.21.